The Bertz CT molecular complexity index is 497. The average Bonchev–Trinajstić information content (AvgIpc) is 2.39. The van der Waals surface area contributed by atoms with Crippen molar-refractivity contribution in [1.29, 1.82) is 0 Å². The molecule has 2 aromatic rings. The molecule has 0 bridgehead atoms. The number of nitrogens with zero attached hydrogens (tertiary/aromatic N) is 2. The van der Waals surface area contributed by atoms with Crippen LogP contribution < -0.4 is 5.32 Å². The van der Waals surface area contributed by atoms with Crippen LogP contribution >= 0.6 is 0 Å². The van der Waals surface area contributed by atoms with Crippen LogP contribution in [0.1, 0.15) is 31.3 Å². The van der Waals surface area contributed by atoms with E-state index in [1.54, 1.807) is 12.3 Å². The molecule has 0 aliphatic heterocycles. The Kier molecular flexibility index (Phi) is 4.58. The molecule has 1 N–H and O–H groups in total. The Morgan fingerprint density at radius 1 is 1.16 bits per heavy atom. The minimum atomic E-state index is -0.315. The summed E-state index contributed by atoms with van der Waals surface area (Å²) in [6.07, 6.45) is 3.76. The number of hydrogen-bond donors (Lipinski definition) is 1. The predicted octanol–water partition coefficient (Wildman–Crippen LogP) is 2.90. The van der Waals surface area contributed by atoms with Crippen LogP contribution in [0.4, 0.5) is 4.39 Å². The highest BCUT2D eigenvalue weighted by atomic mass is 19.1. The molecule has 0 aromatic carbocycles. The molecule has 0 aliphatic rings. The zero-order valence-corrected chi connectivity index (χ0v) is 11.2. The standard InChI is InChI=1S/C15H18FN3/c1-11(2)19-15(9-13-5-3-4-8-17-13)14-7-6-12(16)10-18-14/h3-8,10-11,15,19H,9H2,1-2H3. The first-order chi connectivity index (χ1) is 9.15. The molecule has 1 atom stereocenters. The van der Waals surface area contributed by atoms with E-state index in [-0.39, 0.29) is 11.9 Å². The number of hydrogen-bond acceptors (Lipinski definition) is 3. The van der Waals surface area contributed by atoms with Crippen LogP contribution in [-0.2, 0) is 6.42 Å². The fourth-order valence-corrected chi connectivity index (χ4v) is 1.97. The summed E-state index contributed by atoms with van der Waals surface area (Å²) in [4.78, 5) is 8.49. The molecule has 2 aromatic heterocycles. The summed E-state index contributed by atoms with van der Waals surface area (Å²) < 4.78 is 12.9. The number of halogens is 1. The van der Waals surface area contributed by atoms with Crippen LogP contribution in [0.15, 0.2) is 42.7 Å². The second-order valence-corrected chi connectivity index (χ2v) is 4.80. The minimum absolute atomic E-state index is 0.0375. The summed E-state index contributed by atoms with van der Waals surface area (Å²) in [6.45, 7) is 4.16. The molecular weight excluding hydrogens is 241 g/mol. The number of rotatable bonds is 5. The van der Waals surface area contributed by atoms with Crippen molar-refractivity contribution in [2.24, 2.45) is 0 Å². The molecule has 0 aliphatic carbocycles. The average molecular weight is 259 g/mol. The van der Waals surface area contributed by atoms with E-state index < -0.39 is 0 Å². The molecule has 3 nitrogen and oxygen atoms in total. The first kappa shape index (κ1) is 13.6. The third-order valence-electron chi connectivity index (χ3n) is 2.78. The lowest BCUT2D eigenvalue weighted by Gasteiger charge is -2.20. The summed E-state index contributed by atoms with van der Waals surface area (Å²) in [5, 5.41) is 3.44. The number of nitrogens with one attached hydrogen (secondary N) is 1. The molecule has 1 unspecified atom stereocenters. The number of aromatic nitrogens is 2. The Labute approximate surface area is 112 Å². The Hall–Kier alpha value is -1.81. The molecule has 0 fully saturated rings. The van der Waals surface area contributed by atoms with E-state index >= 15 is 0 Å². The predicted molar refractivity (Wildman–Crippen MR) is 73.1 cm³/mol. The third kappa shape index (κ3) is 4.10. The van der Waals surface area contributed by atoms with Gasteiger partial charge in [0, 0.05) is 24.4 Å². The van der Waals surface area contributed by atoms with E-state index in [9.17, 15) is 4.39 Å². The van der Waals surface area contributed by atoms with E-state index in [2.05, 4.69) is 29.1 Å². The van der Waals surface area contributed by atoms with Gasteiger partial charge in [0.2, 0.25) is 0 Å². The highest BCUT2D eigenvalue weighted by Crippen LogP contribution is 2.16. The lowest BCUT2D eigenvalue weighted by molar-refractivity contribution is 0.461. The topological polar surface area (TPSA) is 37.8 Å². The van der Waals surface area contributed by atoms with Crippen molar-refractivity contribution >= 4 is 0 Å². The highest BCUT2D eigenvalue weighted by molar-refractivity contribution is 5.14. The van der Waals surface area contributed by atoms with E-state index in [1.807, 2.05) is 18.2 Å². The second-order valence-electron chi connectivity index (χ2n) is 4.80. The van der Waals surface area contributed by atoms with E-state index in [0.29, 0.717) is 6.04 Å². The van der Waals surface area contributed by atoms with E-state index in [4.69, 9.17) is 0 Å². The minimum Gasteiger partial charge on any atom is -0.306 e. The Morgan fingerprint density at radius 3 is 2.58 bits per heavy atom. The van der Waals surface area contributed by atoms with Crippen molar-refractivity contribution in [2.45, 2.75) is 32.4 Å². The quantitative estimate of drug-likeness (QED) is 0.897. The maximum atomic E-state index is 12.9. The molecule has 0 amide bonds. The zero-order valence-electron chi connectivity index (χ0n) is 11.2. The van der Waals surface area contributed by atoms with Gasteiger partial charge in [-0.15, -0.1) is 0 Å². The molecule has 2 heterocycles. The van der Waals surface area contributed by atoms with Crippen molar-refractivity contribution in [3.8, 4) is 0 Å². The van der Waals surface area contributed by atoms with Crippen LogP contribution in [0.2, 0.25) is 0 Å². The monoisotopic (exact) mass is 259 g/mol. The Morgan fingerprint density at radius 2 is 2.00 bits per heavy atom. The van der Waals surface area contributed by atoms with Gasteiger partial charge in [-0.3, -0.25) is 9.97 Å². The summed E-state index contributed by atoms with van der Waals surface area (Å²) >= 11 is 0. The zero-order chi connectivity index (χ0) is 13.7. The van der Waals surface area contributed by atoms with Gasteiger partial charge in [-0.1, -0.05) is 19.9 Å². The molecule has 0 radical (unpaired) electrons. The van der Waals surface area contributed by atoms with E-state index in [1.165, 1.54) is 12.3 Å². The summed E-state index contributed by atoms with van der Waals surface area (Å²) in [5.74, 6) is -0.315. The highest BCUT2D eigenvalue weighted by Gasteiger charge is 2.15. The van der Waals surface area contributed by atoms with Crippen LogP contribution in [0.25, 0.3) is 0 Å². The van der Waals surface area contributed by atoms with Gasteiger partial charge in [0.1, 0.15) is 5.82 Å². The lowest BCUT2D eigenvalue weighted by atomic mass is 10.1. The van der Waals surface area contributed by atoms with Crippen LogP contribution in [0, 0.1) is 5.82 Å². The van der Waals surface area contributed by atoms with Crippen LogP contribution in [0.5, 0.6) is 0 Å². The van der Waals surface area contributed by atoms with Gasteiger partial charge in [0.15, 0.2) is 0 Å². The third-order valence-corrected chi connectivity index (χ3v) is 2.78. The molecule has 4 heteroatoms. The number of pyridine rings is 2. The van der Waals surface area contributed by atoms with Gasteiger partial charge >= 0.3 is 0 Å². The largest absolute Gasteiger partial charge is 0.306 e. The fourth-order valence-electron chi connectivity index (χ4n) is 1.97. The molecule has 19 heavy (non-hydrogen) atoms. The van der Waals surface area contributed by atoms with Crippen molar-refractivity contribution in [2.75, 3.05) is 0 Å². The maximum Gasteiger partial charge on any atom is 0.141 e. The summed E-state index contributed by atoms with van der Waals surface area (Å²) in [6, 6.07) is 9.36. The van der Waals surface area contributed by atoms with Gasteiger partial charge in [-0.05, 0) is 24.3 Å². The van der Waals surface area contributed by atoms with Gasteiger partial charge < -0.3 is 5.32 Å². The molecule has 0 saturated carbocycles. The molecule has 0 spiro atoms. The lowest BCUT2D eigenvalue weighted by Crippen LogP contribution is -2.30. The van der Waals surface area contributed by atoms with Crippen molar-refractivity contribution < 1.29 is 4.39 Å². The Balaban J connectivity index is 2.18. The normalized spacial score (nSPS) is 12.6. The first-order valence-corrected chi connectivity index (χ1v) is 6.42. The molecule has 0 saturated heterocycles. The molecular formula is C15H18FN3. The summed E-state index contributed by atoms with van der Waals surface area (Å²) in [5.41, 5.74) is 1.83. The SMILES string of the molecule is CC(C)NC(Cc1ccccn1)c1ccc(F)cn1. The van der Waals surface area contributed by atoms with Crippen molar-refractivity contribution in [3.05, 3.63) is 59.9 Å². The van der Waals surface area contributed by atoms with E-state index in [0.717, 1.165) is 17.8 Å². The second kappa shape index (κ2) is 6.38. The van der Waals surface area contributed by atoms with Gasteiger partial charge in [-0.25, -0.2) is 4.39 Å². The molecule has 2 rings (SSSR count). The van der Waals surface area contributed by atoms with Gasteiger partial charge in [-0.2, -0.15) is 0 Å². The summed E-state index contributed by atoms with van der Waals surface area (Å²) in [7, 11) is 0. The smallest absolute Gasteiger partial charge is 0.141 e. The first-order valence-electron chi connectivity index (χ1n) is 6.42. The van der Waals surface area contributed by atoms with Gasteiger partial charge in [0.05, 0.1) is 17.9 Å². The maximum absolute atomic E-state index is 12.9. The van der Waals surface area contributed by atoms with Gasteiger partial charge in [0.25, 0.3) is 0 Å². The van der Waals surface area contributed by atoms with Crippen molar-refractivity contribution in [3.63, 3.8) is 0 Å². The molecule has 100 valence electrons. The van der Waals surface area contributed by atoms with Crippen molar-refractivity contribution in [1.82, 2.24) is 15.3 Å². The van der Waals surface area contributed by atoms with Crippen LogP contribution in [-0.4, -0.2) is 16.0 Å². The fraction of sp³-hybridized carbons (Fsp3) is 0.333. The van der Waals surface area contributed by atoms with Crippen LogP contribution in [0.3, 0.4) is 0 Å².